The predicted molar refractivity (Wildman–Crippen MR) is 156 cm³/mol. The molecular formula is C33H27N3O2S. The summed E-state index contributed by atoms with van der Waals surface area (Å²) in [5.41, 5.74) is 13.0. The largest absolute Gasteiger partial charge is 0.366 e. The number of fused-ring (bicyclic) bond motifs is 2. The fraction of sp³-hybridized carbons (Fsp3) is 0.182. The van der Waals surface area contributed by atoms with Crippen molar-refractivity contribution in [3.05, 3.63) is 118 Å². The number of hydrogen-bond acceptors (Lipinski definition) is 4. The van der Waals surface area contributed by atoms with Crippen molar-refractivity contribution in [1.29, 1.82) is 0 Å². The van der Waals surface area contributed by atoms with Crippen molar-refractivity contribution in [2.75, 3.05) is 5.32 Å². The highest BCUT2D eigenvalue weighted by molar-refractivity contribution is 7.14. The van der Waals surface area contributed by atoms with Crippen LogP contribution in [0.5, 0.6) is 0 Å². The number of carbonyl (C=O) groups is 2. The second kappa shape index (κ2) is 8.61. The Bertz CT molecular complexity index is 1820. The molecule has 3 N–H and O–H groups in total. The lowest BCUT2D eigenvalue weighted by atomic mass is 9.51. The highest BCUT2D eigenvalue weighted by atomic mass is 32.1. The first-order valence-electron chi connectivity index (χ1n) is 13.1. The zero-order chi connectivity index (χ0) is 26.9. The van der Waals surface area contributed by atoms with Crippen molar-refractivity contribution in [2.24, 2.45) is 11.1 Å². The van der Waals surface area contributed by atoms with Gasteiger partial charge in [-0.3, -0.25) is 9.59 Å². The molecule has 3 aliphatic rings. The summed E-state index contributed by atoms with van der Waals surface area (Å²) in [4.78, 5) is 31.5. The van der Waals surface area contributed by atoms with Gasteiger partial charge < -0.3 is 11.1 Å². The van der Waals surface area contributed by atoms with Crippen LogP contribution in [0.4, 0.5) is 5.13 Å². The van der Waals surface area contributed by atoms with Crippen LogP contribution in [-0.2, 0) is 4.79 Å². The minimum absolute atomic E-state index is 0.0158. The van der Waals surface area contributed by atoms with E-state index in [1.54, 1.807) is 6.07 Å². The molecule has 2 amide bonds. The molecule has 0 aliphatic heterocycles. The second-order valence-electron chi connectivity index (χ2n) is 10.9. The number of benzene rings is 4. The number of nitrogens with zero attached hydrogens (tertiary/aromatic N) is 1. The van der Waals surface area contributed by atoms with Gasteiger partial charge in [-0.1, -0.05) is 72.8 Å². The molecule has 5 nitrogen and oxygen atoms in total. The quantitative estimate of drug-likeness (QED) is 0.263. The van der Waals surface area contributed by atoms with Gasteiger partial charge in [0, 0.05) is 28.3 Å². The molecule has 3 aliphatic carbocycles. The van der Waals surface area contributed by atoms with Crippen LogP contribution in [0.2, 0.25) is 0 Å². The van der Waals surface area contributed by atoms with Crippen molar-refractivity contribution in [3.8, 4) is 11.3 Å². The maximum Gasteiger partial charge on any atom is 0.249 e. The molecule has 1 heterocycles. The molecular weight excluding hydrogens is 502 g/mol. The van der Waals surface area contributed by atoms with Crippen LogP contribution in [0.1, 0.15) is 63.4 Å². The SMILES string of the molecule is Cc1ccc(-c2csc(NC(=O)C3(C)CC4c5ccccc5C3c3c(C(N)=O)cccc34)n2)c2ccccc12. The van der Waals surface area contributed by atoms with E-state index >= 15 is 0 Å². The molecule has 2 bridgehead atoms. The molecule has 4 aromatic carbocycles. The van der Waals surface area contributed by atoms with Crippen LogP contribution in [0.25, 0.3) is 22.0 Å². The Morgan fingerprint density at radius 2 is 1.64 bits per heavy atom. The molecule has 192 valence electrons. The number of nitrogens with two attached hydrogens (primary N) is 1. The summed E-state index contributed by atoms with van der Waals surface area (Å²) < 4.78 is 0. The number of primary amides is 1. The number of amides is 2. The van der Waals surface area contributed by atoms with Gasteiger partial charge >= 0.3 is 0 Å². The van der Waals surface area contributed by atoms with Crippen molar-refractivity contribution in [1.82, 2.24) is 4.98 Å². The zero-order valence-electron chi connectivity index (χ0n) is 21.7. The molecule has 5 aromatic rings. The van der Waals surface area contributed by atoms with Crippen LogP contribution in [0.15, 0.2) is 84.2 Å². The smallest absolute Gasteiger partial charge is 0.249 e. The molecule has 0 saturated heterocycles. The molecule has 0 saturated carbocycles. The van der Waals surface area contributed by atoms with Gasteiger partial charge in [0.2, 0.25) is 11.8 Å². The van der Waals surface area contributed by atoms with Crippen molar-refractivity contribution in [3.63, 3.8) is 0 Å². The number of thiazole rings is 1. The van der Waals surface area contributed by atoms with Crippen molar-refractivity contribution in [2.45, 2.75) is 32.1 Å². The van der Waals surface area contributed by atoms with E-state index in [0.29, 0.717) is 17.1 Å². The van der Waals surface area contributed by atoms with Crippen LogP contribution in [0.3, 0.4) is 0 Å². The highest BCUT2D eigenvalue weighted by Crippen LogP contribution is 2.62. The fourth-order valence-electron chi connectivity index (χ4n) is 6.85. The summed E-state index contributed by atoms with van der Waals surface area (Å²) in [6, 6.07) is 26.5. The average molecular weight is 530 g/mol. The lowest BCUT2D eigenvalue weighted by Gasteiger charge is -2.51. The van der Waals surface area contributed by atoms with Crippen molar-refractivity contribution >= 4 is 39.1 Å². The Morgan fingerprint density at radius 1 is 0.923 bits per heavy atom. The molecule has 0 fully saturated rings. The number of anilines is 1. The summed E-state index contributed by atoms with van der Waals surface area (Å²) in [6.07, 6.45) is 0.649. The number of nitrogens with one attached hydrogen (secondary N) is 1. The van der Waals surface area contributed by atoms with Crippen LogP contribution < -0.4 is 11.1 Å². The van der Waals surface area contributed by atoms with E-state index < -0.39 is 11.3 Å². The van der Waals surface area contributed by atoms with E-state index in [4.69, 9.17) is 10.7 Å². The molecule has 39 heavy (non-hydrogen) atoms. The first-order valence-corrected chi connectivity index (χ1v) is 14.0. The first-order chi connectivity index (χ1) is 18.9. The predicted octanol–water partition coefficient (Wildman–Crippen LogP) is 7.00. The Balaban J connectivity index is 1.27. The molecule has 1 aromatic heterocycles. The van der Waals surface area contributed by atoms with Crippen LogP contribution >= 0.6 is 11.3 Å². The number of aromatic nitrogens is 1. The van der Waals surface area contributed by atoms with Gasteiger partial charge in [-0.05, 0) is 64.9 Å². The molecule has 8 rings (SSSR count). The van der Waals surface area contributed by atoms with Gasteiger partial charge in [0.1, 0.15) is 0 Å². The van der Waals surface area contributed by atoms with Crippen LogP contribution in [0, 0.1) is 12.3 Å². The molecule has 0 radical (unpaired) electrons. The fourth-order valence-corrected chi connectivity index (χ4v) is 7.56. The number of hydrogen-bond donors (Lipinski definition) is 2. The van der Waals surface area contributed by atoms with Crippen LogP contribution in [-0.4, -0.2) is 16.8 Å². The van der Waals surface area contributed by atoms with Gasteiger partial charge in [-0.2, -0.15) is 0 Å². The van der Waals surface area contributed by atoms with E-state index in [1.165, 1.54) is 27.8 Å². The lowest BCUT2D eigenvalue weighted by molar-refractivity contribution is -0.126. The van der Waals surface area contributed by atoms with E-state index in [-0.39, 0.29) is 17.7 Å². The summed E-state index contributed by atoms with van der Waals surface area (Å²) in [7, 11) is 0. The summed E-state index contributed by atoms with van der Waals surface area (Å²) in [5, 5.41) is 8.05. The average Bonchev–Trinajstić information content (AvgIpc) is 3.41. The Kier molecular flexibility index (Phi) is 5.26. The maximum absolute atomic E-state index is 14.1. The Hall–Kier alpha value is -4.29. The van der Waals surface area contributed by atoms with Gasteiger partial charge in [-0.15, -0.1) is 11.3 Å². The topological polar surface area (TPSA) is 85.1 Å². The summed E-state index contributed by atoms with van der Waals surface area (Å²) in [5.74, 6) is -0.818. The Morgan fingerprint density at radius 3 is 2.44 bits per heavy atom. The minimum atomic E-state index is -0.778. The molecule has 0 spiro atoms. The van der Waals surface area contributed by atoms with Gasteiger partial charge in [0.25, 0.3) is 0 Å². The molecule has 6 heteroatoms. The highest BCUT2D eigenvalue weighted by Gasteiger charge is 2.55. The number of carbonyl (C=O) groups excluding carboxylic acids is 2. The van der Waals surface area contributed by atoms with E-state index in [9.17, 15) is 9.59 Å². The monoisotopic (exact) mass is 529 g/mol. The molecule has 3 atom stereocenters. The van der Waals surface area contributed by atoms with Gasteiger partial charge in [0.05, 0.1) is 11.1 Å². The third-order valence-electron chi connectivity index (χ3n) is 8.68. The van der Waals surface area contributed by atoms with E-state index in [2.05, 4.69) is 54.7 Å². The second-order valence-corrected chi connectivity index (χ2v) is 11.7. The third-order valence-corrected chi connectivity index (χ3v) is 9.44. The number of rotatable bonds is 4. The minimum Gasteiger partial charge on any atom is -0.366 e. The van der Waals surface area contributed by atoms with E-state index in [1.807, 2.05) is 42.6 Å². The van der Waals surface area contributed by atoms with E-state index in [0.717, 1.165) is 33.3 Å². The van der Waals surface area contributed by atoms with Gasteiger partial charge in [0.15, 0.2) is 5.13 Å². The summed E-state index contributed by atoms with van der Waals surface area (Å²) in [6.45, 7) is 4.12. The first kappa shape index (κ1) is 23.8. The summed E-state index contributed by atoms with van der Waals surface area (Å²) >= 11 is 1.43. The van der Waals surface area contributed by atoms with Crippen molar-refractivity contribution < 1.29 is 9.59 Å². The molecule has 3 unspecified atom stereocenters. The van der Waals surface area contributed by atoms with Gasteiger partial charge in [-0.25, -0.2) is 4.98 Å². The third kappa shape index (κ3) is 3.48. The number of aryl methyl sites for hydroxylation is 1. The standard InChI is InChI=1S/C33H27N3O2S/c1-18-14-15-22(20-9-4-3-8-19(18)20)27-17-39-32(35-27)36-31(38)33(2)16-26-21-10-5-6-11-24(21)29(33)28-23(26)12-7-13-25(28)30(34)37/h3-15,17,26,29H,16H2,1-2H3,(H2,34,37)(H,35,36,38). The Labute approximate surface area is 230 Å². The normalized spacial score (nSPS) is 20.9. The lowest BCUT2D eigenvalue weighted by Crippen LogP contribution is -2.48. The zero-order valence-corrected chi connectivity index (χ0v) is 22.5. The maximum atomic E-state index is 14.1.